The predicted molar refractivity (Wildman–Crippen MR) is 103 cm³/mol. The highest BCUT2D eigenvalue weighted by atomic mass is 32.2. The second-order valence-corrected chi connectivity index (χ2v) is 10.6. The van der Waals surface area contributed by atoms with Gasteiger partial charge in [0.1, 0.15) is 0 Å². The van der Waals surface area contributed by atoms with Gasteiger partial charge in [-0.3, -0.25) is 14.8 Å². The average molecular weight is 395 g/mol. The fourth-order valence-corrected chi connectivity index (χ4v) is 6.76. The Morgan fingerprint density at radius 3 is 2.48 bits per heavy atom. The number of hydrogen-bond acceptors (Lipinski definition) is 5. The summed E-state index contributed by atoms with van der Waals surface area (Å²) >= 11 is 0. The number of hydrogen-bond donors (Lipinski definition) is 1. The first-order valence-corrected chi connectivity index (χ1v) is 12.1. The lowest BCUT2D eigenvalue weighted by atomic mass is 9.93. The first-order valence-electron chi connectivity index (χ1n) is 10.2. The van der Waals surface area contributed by atoms with Crippen LogP contribution in [-0.2, 0) is 14.6 Å². The summed E-state index contributed by atoms with van der Waals surface area (Å²) in [5.41, 5.74) is 1.18. The molecular weight excluding hydrogens is 364 g/mol. The van der Waals surface area contributed by atoms with E-state index in [-0.39, 0.29) is 29.5 Å². The summed E-state index contributed by atoms with van der Waals surface area (Å²) in [4.78, 5) is 17.4. The van der Waals surface area contributed by atoms with Crippen molar-refractivity contribution in [2.75, 3.05) is 31.1 Å². The van der Waals surface area contributed by atoms with Gasteiger partial charge in [-0.05, 0) is 51.3 Å². The van der Waals surface area contributed by atoms with E-state index in [1.807, 2.05) is 11.0 Å². The number of carbonyl (C=O) groups excluding carboxylic acids is 1. The maximum atomic E-state index is 13.2. The first-order chi connectivity index (χ1) is 13.0. The molecule has 0 spiro atoms. The van der Waals surface area contributed by atoms with Crippen LogP contribution < -0.4 is 0 Å². The Labute approximate surface area is 161 Å². The van der Waals surface area contributed by atoms with Crippen LogP contribution >= 0.6 is 0 Å². The number of carbonyl (C=O) groups is 1. The number of rotatable bonds is 5. The lowest BCUT2D eigenvalue weighted by Gasteiger charge is -2.37. The molecule has 0 aromatic carbocycles. The largest absolute Gasteiger partial charge is 0.335 e. The maximum absolute atomic E-state index is 13.2. The average Bonchev–Trinajstić information content (AvgIpc) is 3.38. The van der Waals surface area contributed by atoms with Crippen molar-refractivity contribution < 1.29 is 13.2 Å². The third kappa shape index (κ3) is 4.37. The van der Waals surface area contributed by atoms with E-state index in [1.165, 1.54) is 5.69 Å². The molecule has 150 valence electrons. The molecule has 1 aliphatic carbocycles. The highest BCUT2D eigenvalue weighted by Gasteiger charge is 2.39. The van der Waals surface area contributed by atoms with E-state index >= 15 is 0 Å². The topological polar surface area (TPSA) is 86.4 Å². The fourth-order valence-electron chi connectivity index (χ4n) is 5.05. The van der Waals surface area contributed by atoms with Crippen molar-refractivity contribution in [2.45, 2.75) is 62.9 Å². The molecule has 1 saturated carbocycles. The van der Waals surface area contributed by atoms with Gasteiger partial charge in [0, 0.05) is 29.9 Å². The molecule has 2 saturated heterocycles. The van der Waals surface area contributed by atoms with Crippen LogP contribution in [0.5, 0.6) is 0 Å². The molecule has 0 radical (unpaired) electrons. The Morgan fingerprint density at radius 2 is 1.89 bits per heavy atom. The zero-order valence-corrected chi connectivity index (χ0v) is 16.7. The van der Waals surface area contributed by atoms with Gasteiger partial charge in [0.15, 0.2) is 9.84 Å². The van der Waals surface area contributed by atoms with Gasteiger partial charge in [-0.1, -0.05) is 12.8 Å². The Balaban J connectivity index is 1.37. The van der Waals surface area contributed by atoms with Crippen molar-refractivity contribution in [1.29, 1.82) is 0 Å². The minimum atomic E-state index is -2.99. The third-order valence-electron chi connectivity index (χ3n) is 6.52. The molecule has 1 unspecified atom stereocenters. The van der Waals surface area contributed by atoms with Gasteiger partial charge in [-0.25, -0.2) is 8.42 Å². The highest BCUT2D eigenvalue weighted by molar-refractivity contribution is 7.91. The van der Waals surface area contributed by atoms with Crippen LogP contribution in [-0.4, -0.2) is 77.5 Å². The zero-order valence-electron chi connectivity index (χ0n) is 15.8. The summed E-state index contributed by atoms with van der Waals surface area (Å²) in [6.07, 6.45) is 8.77. The van der Waals surface area contributed by atoms with Crippen LogP contribution in [0.2, 0.25) is 0 Å². The monoisotopic (exact) mass is 394 g/mol. The molecule has 1 atom stereocenters. The molecular formula is C19H30N4O3S. The van der Waals surface area contributed by atoms with Crippen LogP contribution in [0.15, 0.2) is 12.3 Å². The van der Waals surface area contributed by atoms with Gasteiger partial charge in [0.05, 0.1) is 18.1 Å². The van der Waals surface area contributed by atoms with Gasteiger partial charge < -0.3 is 4.90 Å². The Kier molecular flexibility index (Phi) is 5.55. The number of likely N-dealkylation sites (tertiary alicyclic amines) is 1. The van der Waals surface area contributed by atoms with Crippen molar-refractivity contribution in [3.05, 3.63) is 18.0 Å². The molecule has 3 heterocycles. The molecule has 27 heavy (non-hydrogen) atoms. The molecule has 3 aliphatic rings. The lowest BCUT2D eigenvalue weighted by molar-refractivity contribution is -0.137. The number of piperidine rings is 1. The van der Waals surface area contributed by atoms with Gasteiger partial charge >= 0.3 is 0 Å². The number of aromatic nitrogens is 2. The standard InChI is InChI=1S/C19H30N4O3S/c24-19(13-22-10-6-15(7-11-22)18-5-9-20-21-18)23(16-3-1-2-4-16)17-8-12-27(25,26)14-17/h5,9,15-17H,1-4,6-8,10-14H2,(H,20,21). The molecule has 7 nitrogen and oxygen atoms in total. The molecule has 1 aromatic heterocycles. The van der Waals surface area contributed by atoms with Gasteiger partial charge in [-0.2, -0.15) is 5.10 Å². The van der Waals surface area contributed by atoms with E-state index in [1.54, 1.807) is 6.20 Å². The number of nitrogens with zero attached hydrogens (tertiary/aromatic N) is 3. The first kappa shape index (κ1) is 18.9. The summed E-state index contributed by atoms with van der Waals surface area (Å²) < 4.78 is 23.9. The minimum Gasteiger partial charge on any atom is -0.335 e. The number of aromatic amines is 1. The SMILES string of the molecule is O=C(CN1CCC(c2ccn[nH]2)CC1)N(C1CCCC1)C1CCS(=O)(=O)C1. The van der Waals surface area contributed by atoms with Crippen molar-refractivity contribution in [3.63, 3.8) is 0 Å². The summed E-state index contributed by atoms with van der Waals surface area (Å²) in [5.74, 6) is 0.995. The van der Waals surface area contributed by atoms with Crippen LogP contribution in [0.1, 0.15) is 56.6 Å². The van der Waals surface area contributed by atoms with Crippen LogP contribution in [0.25, 0.3) is 0 Å². The second kappa shape index (κ2) is 7.91. The van der Waals surface area contributed by atoms with E-state index in [9.17, 15) is 13.2 Å². The second-order valence-electron chi connectivity index (χ2n) is 8.36. The van der Waals surface area contributed by atoms with E-state index in [2.05, 4.69) is 15.1 Å². The Morgan fingerprint density at radius 1 is 1.15 bits per heavy atom. The van der Waals surface area contributed by atoms with E-state index in [0.29, 0.717) is 18.9 Å². The molecule has 1 aromatic rings. The number of nitrogens with one attached hydrogen (secondary N) is 1. The van der Waals surface area contributed by atoms with Crippen molar-refractivity contribution in [2.24, 2.45) is 0 Å². The van der Waals surface area contributed by atoms with E-state index < -0.39 is 9.84 Å². The number of H-pyrrole nitrogens is 1. The molecule has 2 aliphatic heterocycles. The molecule has 4 rings (SSSR count). The van der Waals surface area contributed by atoms with Gasteiger partial charge in [0.25, 0.3) is 0 Å². The number of amides is 1. The molecule has 8 heteroatoms. The molecule has 0 bridgehead atoms. The fraction of sp³-hybridized carbons (Fsp3) is 0.789. The minimum absolute atomic E-state index is 0.117. The van der Waals surface area contributed by atoms with Gasteiger partial charge in [0.2, 0.25) is 5.91 Å². The number of sulfone groups is 1. The highest BCUT2D eigenvalue weighted by Crippen LogP contribution is 2.30. The molecule has 1 amide bonds. The summed E-state index contributed by atoms with van der Waals surface area (Å²) in [6, 6.07) is 2.15. The zero-order chi connectivity index (χ0) is 18.9. The lowest BCUT2D eigenvalue weighted by Crippen LogP contribution is -2.51. The summed E-state index contributed by atoms with van der Waals surface area (Å²) in [6.45, 7) is 2.22. The normalized spacial score (nSPS) is 27.2. The molecule has 1 N–H and O–H groups in total. The van der Waals surface area contributed by atoms with Crippen LogP contribution in [0.4, 0.5) is 0 Å². The maximum Gasteiger partial charge on any atom is 0.237 e. The van der Waals surface area contributed by atoms with Crippen molar-refractivity contribution in [1.82, 2.24) is 20.0 Å². The van der Waals surface area contributed by atoms with Gasteiger partial charge in [-0.15, -0.1) is 0 Å². The van der Waals surface area contributed by atoms with Crippen LogP contribution in [0.3, 0.4) is 0 Å². The third-order valence-corrected chi connectivity index (χ3v) is 8.27. The van der Waals surface area contributed by atoms with Crippen molar-refractivity contribution in [3.8, 4) is 0 Å². The quantitative estimate of drug-likeness (QED) is 0.819. The van der Waals surface area contributed by atoms with E-state index in [0.717, 1.165) is 51.6 Å². The van der Waals surface area contributed by atoms with E-state index in [4.69, 9.17) is 0 Å². The molecule has 3 fully saturated rings. The van der Waals surface area contributed by atoms with Crippen LogP contribution in [0, 0.1) is 0 Å². The Bertz CT molecular complexity index is 735. The predicted octanol–water partition coefficient (Wildman–Crippen LogP) is 1.55. The summed E-state index contributed by atoms with van der Waals surface area (Å²) in [7, 11) is -2.99. The van der Waals surface area contributed by atoms with Crippen molar-refractivity contribution >= 4 is 15.7 Å². The Hall–Kier alpha value is -1.41. The summed E-state index contributed by atoms with van der Waals surface area (Å²) in [5, 5.41) is 7.10. The smallest absolute Gasteiger partial charge is 0.237 e.